The summed E-state index contributed by atoms with van der Waals surface area (Å²) >= 11 is 1.26. The largest absolute Gasteiger partial charge is 0.497 e. The normalized spacial score (nSPS) is 17.5. The molecule has 3 rings (SSSR count). The molecule has 2 aromatic rings. The van der Waals surface area contributed by atoms with Crippen molar-refractivity contribution in [1.82, 2.24) is 0 Å². The maximum atomic E-state index is 12.8. The number of para-hydroxylation sites is 1. The Balaban J connectivity index is 1.73. The molecule has 1 fully saturated rings. The molecule has 1 N–H and O–H groups in total. The highest BCUT2D eigenvalue weighted by atomic mass is 32.2. The van der Waals surface area contributed by atoms with Crippen LogP contribution >= 0.6 is 11.8 Å². The first kappa shape index (κ1) is 18.0. The minimum atomic E-state index is -0.511. The monoisotopic (exact) mass is 369 g/mol. The van der Waals surface area contributed by atoms with Crippen molar-refractivity contribution < 1.29 is 14.3 Å². The number of rotatable bonds is 4. The summed E-state index contributed by atoms with van der Waals surface area (Å²) in [6.45, 7) is 0. The van der Waals surface area contributed by atoms with Crippen LogP contribution in [0.3, 0.4) is 0 Å². The van der Waals surface area contributed by atoms with Gasteiger partial charge in [-0.3, -0.25) is 14.6 Å². The molecule has 0 unspecified atom stereocenters. The molecular formula is C19H19N3O3S. The van der Waals surface area contributed by atoms with Crippen LogP contribution in [0.5, 0.6) is 5.75 Å². The van der Waals surface area contributed by atoms with Gasteiger partial charge >= 0.3 is 0 Å². The van der Waals surface area contributed by atoms with Gasteiger partial charge in [0.2, 0.25) is 11.8 Å². The third kappa shape index (κ3) is 3.88. The Morgan fingerprint density at radius 2 is 1.96 bits per heavy atom. The first-order valence-electron chi connectivity index (χ1n) is 8.08. The molecule has 26 heavy (non-hydrogen) atoms. The number of benzene rings is 2. The second-order valence-corrected chi connectivity index (χ2v) is 6.79. The number of aliphatic imine (C=N–C) groups is 1. The Labute approximate surface area is 156 Å². The fraction of sp³-hybridized carbons (Fsp3) is 0.211. The van der Waals surface area contributed by atoms with Gasteiger partial charge in [-0.15, -0.1) is 0 Å². The van der Waals surface area contributed by atoms with Crippen LogP contribution < -0.4 is 15.0 Å². The highest BCUT2D eigenvalue weighted by Gasteiger charge is 2.40. The van der Waals surface area contributed by atoms with Gasteiger partial charge in [-0.05, 0) is 24.3 Å². The van der Waals surface area contributed by atoms with Gasteiger partial charge in [-0.2, -0.15) is 0 Å². The van der Waals surface area contributed by atoms with Crippen LogP contribution in [0, 0.1) is 0 Å². The highest BCUT2D eigenvalue weighted by Crippen LogP contribution is 2.32. The van der Waals surface area contributed by atoms with Crippen molar-refractivity contribution >= 4 is 40.1 Å². The molecule has 134 valence electrons. The fourth-order valence-corrected chi connectivity index (χ4v) is 3.62. The molecular weight excluding hydrogens is 350 g/mol. The molecule has 1 heterocycles. The minimum Gasteiger partial charge on any atom is -0.497 e. The third-order valence-corrected chi connectivity index (χ3v) is 5.06. The summed E-state index contributed by atoms with van der Waals surface area (Å²) in [5.74, 6) is 0.126. The Kier molecular flexibility index (Phi) is 5.58. The van der Waals surface area contributed by atoms with E-state index in [0.717, 1.165) is 5.69 Å². The molecule has 0 aliphatic carbocycles. The number of nitrogens with one attached hydrogen (secondary N) is 1. The predicted molar refractivity (Wildman–Crippen MR) is 105 cm³/mol. The number of amides is 2. The van der Waals surface area contributed by atoms with E-state index < -0.39 is 5.25 Å². The minimum absolute atomic E-state index is 0.135. The average molecular weight is 369 g/mol. The van der Waals surface area contributed by atoms with Crippen molar-refractivity contribution in [3.05, 3.63) is 54.6 Å². The van der Waals surface area contributed by atoms with Crippen LogP contribution in [0.2, 0.25) is 0 Å². The first-order valence-corrected chi connectivity index (χ1v) is 8.96. The molecule has 1 aliphatic rings. The van der Waals surface area contributed by atoms with Gasteiger partial charge in [0.05, 0.1) is 12.8 Å². The lowest BCUT2D eigenvalue weighted by Gasteiger charge is -2.16. The summed E-state index contributed by atoms with van der Waals surface area (Å²) in [6.07, 6.45) is 0.135. The number of thioether (sulfide) groups is 1. The van der Waals surface area contributed by atoms with Gasteiger partial charge in [-0.25, -0.2) is 4.90 Å². The lowest BCUT2D eigenvalue weighted by atomic mass is 10.3. The van der Waals surface area contributed by atoms with E-state index in [-0.39, 0.29) is 18.2 Å². The van der Waals surface area contributed by atoms with E-state index >= 15 is 0 Å². The Hall–Kier alpha value is -2.80. The van der Waals surface area contributed by atoms with Crippen molar-refractivity contribution in [3.63, 3.8) is 0 Å². The van der Waals surface area contributed by atoms with Gasteiger partial charge in [0.25, 0.3) is 0 Å². The van der Waals surface area contributed by atoms with Crippen molar-refractivity contribution in [1.29, 1.82) is 0 Å². The van der Waals surface area contributed by atoms with Crippen molar-refractivity contribution in [2.45, 2.75) is 11.7 Å². The molecule has 7 heteroatoms. The topological polar surface area (TPSA) is 71.0 Å². The quantitative estimate of drug-likeness (QED) is 0.509. The number of carbonyl (C=O) groups excluding carboxylic acids is 2. The van der Waals surface area contributed by atoms with E-state index in [1.165, 1.54) is 16.7 Å². The number of imide groups is 1. The number of nitrogens with zero attached hydrogens (tertiary/aromatic N) is 2. The standard InChI is InChI=1S/C19H19N3O3S/c1-20-19(21-13-7-4-3-5-8-13)26-16-12-17(23)22(18(16)24)14-9-6-10-15(11-14)25-2/h3-11,16H,12H2,1-2H3,(H,20,21)/t16-/m1/s1. The second kappa shape index (κ2) is 8.05. The zero-order chi connectivity index (χ0) is 18.5. The summed E-state index contributed by atoms with van der Waals surface area (Å²) in [5.41, 5.74) is 1.40. The van der Waals surface area contributed by atoms with Crippen molar-refractivity contribution in [2.24, 2.45) is 4.99 Å². The number of carbonyl (C=O) groups is 2. The smallest absolute Gasteiger partial charge is 0.247 e. The maximum absolute atomic E-state index is 12.8. The molecule has 2 amide bonds. The van der Waals surface area contributed by atoms with Crippen LogP contribution in [0.15, 0.2) is 59.6 Å². The molecule has 0 radical (unpaired) electrons. The molecule has 0 saturated carbocycles. The Morgan fingerprint density at radius 1 is 1.19 bits per heavy atom. The molecule has 1 atom stereocenters. The van der Waals surface area contributed by atoms with Gasteiger partial charge in [0.15, 0.2) is 5.17 Å². The summed E-state index contributed by atoms with van der Waals surface area (Å²) in [4.78, 5) is 30.6. The van der Waals surface area contributed by atoms with E-state index in [2.05, 4.69) is 10.3 Å². The maximum Gasteiger partial charge on any atom is 0.247 e. The van der Waals surface area contributed by atoms with Gasteiger partial charge in [0, 0.05) is 25.2 Å². The molecule has 1 aliphatic heterocycles. The van der Waals surface area contributed by atoms with Crippen molar-refractivity contribution in [3.8, 4) is 5.75 Å². The number of anilines is 2. The number of hydrogen-bond donors (Lipinski definition) is 1. The number of methoxy groups -OCH3 is 1. The van der Waals surface area contributed by atoms with E-state index in [4.69, 9.17) is 4.74 Å². The lowest BCUT2D eigenvalue weighted by molar-refractivity contribution is -0.121. The van der Waals surface area contributed by atoms with E-state index in [1.54, 1.807) is 38.4 Å². The van der Waals surface area contributed by atoms with E-state index in [0.29, 0.717) is 16.6 Å². The van der Waals surface area contributed by atoms with E-state index in [9.17, 15) is 9.59 Å². The summed E-state index contributed by atoms with van der Waals surface area (Å²) in [5, 5.41) is 3.26. The van der Waals surface area contributed by atoms with Crippen LogP contribution in [0.4, 0.5) is 11.4 Å². The molecule has 1 saturated heterocycles. The average Bonchev–Trinajstić information content (AvgIpc) is 2.95. The van der Waals surface area contributed by atoms with Crippen LogP contribution in [-0.2, 0) is 9.59 Å². The van der Waals surface area contributed by atoms with Crippen LogP contribution in [-0.4, -0.2) is 36.4 Å². The number of hydrogen-bond acceptors (Lipinski definition) is 5. The SMILES string of the molecule is CN=C(Nc1ccccc1)S[C@@H]1CC(=O)N(c2cccc(OC)c2)C1=O. The van der Waals surface area contributed by atoms with Gasteiger partial charge in [0.1, 0.15) is 11.0 Å². The lowest BCUT2D eigenvalue weighted by Crippen LogP contribution is -2.31. The highest BCUT2D eigenvalue weighted by molar-refractivity contribution is 8.15. The van der Waals surface area contributed by atoms with Crippen molar-refractivity contribution in [2.75, 3.05) is 24.4 Å². The van der Waals surface area contributed by atoms with Crippen LogP contribution in [0.25, 0.3) is 0 Å². The molecule has 0 aromatic heterocycles. The molecule has 2 aromatic carbocycles. The third-order valence-electron chi connectivity index (χ3n) is 3.90. The van der Waals surface area contributed by atoms with Crippen LogP contribution in [0.1, 0.15) is 6.42 Å². The Morgan fingerprint density at radius 3 is 2.65 bits per heavy atom. The summed E-state index contributed by atoms with van der Waals surface area (Å²) in [7, 11) is 3.20. The van der Waals surface area contributed by atoms with Gasteiger partial charge < -0.3 is 10.1 Å². The zero-order valence-corrected chi connectivity index (χ0v) is 15.3. The molecule has 6 nitrogen and oxygen atoms in total. The number of amidine groups is 1. The van der Waals surface area contributed by atoms with Gasteiger partial charge in [-0.1, -0.05) is 36.0 Å². The first-order chi connectivity index (χ1) is 12.6. The molecule has 0 spiro atoms. The van der Waals surface area contributed by atoms with E-state index in [1.807, 2.05) is 30.3 Å². The second-order valence-electron chi connectivity index (χ2n) is 5.60. The predicted octanol–water partition coefficient (Wildman–Crippen LogP) is 3.16. The summed E-state index contributed by atoms with van der Waals surface area (Å²) < 4.78 is 5.18. The summed E-state index contributed by atoms with van der Waals surface area (Å²) in [6, 6.07) is 16.5. The Bertz CT molecular complexity index is 839. The zero-order valence-electron chi connectivity index (χ0n) is 14.5. The number of ether oxygens (including phenoxy) is 1. The fourth-order valence-electron chi connectivity index (χ4n) is 2.63. The molecule has 0 bridgehead atoms.